The van der Waals surface area contributed by atoms with Gasteiger partial charge in [-0.05, 0) is 12.8 Å². The van der Waals surface area contributed by atoms with Crippen molar-refractivity contribution >= 4 is 5.91 Å². The van der Waals surface area contributed by atoms with Gasteiger partial charge in [-0.15, -0.1) is 0 Å². The lowest BCUT2D eigenvalue weighted by molar-refractivity contribution is -0.165. The summed E-state index contributed by atoms with van der Waals surface area (Å²) in [7, 11) is 0. The molecule has 0 saturated heterocycles. The molecule has 0 bridgehead atoms. The van der Waals surface area contributed by atoms with Crippen LogP contribution in [0.3, 0.4) is 0 Å². The first-order valence-corrected chi connectivity index (χ1v) is 22.2. The van der Waals surface area contributed by atoms with E-state index in [2.05, 4.69) is 13.8 Å². The second-order valence-corrected chi connectivity index (χ2v) is 15.3. The Bertz CT molecular complexity index is 579. The summed E-state index contributed by atoms with van der Waals surface area (Å²) in [5, 5.41) is 11.1. The van der Waals surface area contributed by atoms with Gasteiger partial charge in [0.05, 0.1) is 0 Å². The second-order valence-electron chi connectivity index (χ2n) is 15.3. The summed E-state index contributed by atoms with van der Waals surface area (Å²) < 4.78 is 0. The number of nitrogens with zero attached hydrogens (tertiary/aromatic N) is 1. The first-order valence-electron chi connectivity index (χ1n) is 22.2. The fourth-order valence-electron chi connectivity index (χ4n) is 7.13. The zero-order chi connectivity index (χ0) is 34.1. The Morgan fingerprint density at radius 1 is 0.319 bits per heavy atom. The highest BCUT2D eigenvalue weighted by Crippen LogP contribution is 2.17. The van der Waals surface area contributed by atoms with Gasteiger partial charge in [0.25, 0.3) is 0 Å². The lowest BCUT2D eigenvalue weighted by Gasteiger charge is -2.14. The van der Waals surface area contributed by atoms with Gasteiger partial charge in [0, 0.05) is 13.0 Å². The lowest BCUT2D eigenvalue weighted by Crippen LogP contribution is -2.28. The van der Waals surface area contributed by atoms with Crippen LogP contribution in [0.15, 0.2) is 0 Å². The van der Waals surface area contributed by atoms with Gasteiger partial charge in [-0.1, -0.05) is 251 Å². The number of unbranched alkanes of at least 4 members (excludes halogenated alkanes) is 37. The number of carbonyl (C=O) groups is 1. The summed E-state index contributed by atoms with van der Waals surface area (Å²) in [5.74, 6) is -0.0752. The molecular weight excluding hydrogens is 574 g/mol. The SMILES string of the molecule is CCCCCCCCCCCCCCCCCCCCCCCCCCCC(=O)N(O)CCCCCCCCCCCCCCCC. The molecule has 47 heavy (non-hydrogen) atoms. The molecule has 0 saturated carbocycles. The number of rotatable bonds is 41. The fraction of sp³-hybridized carbons (Fsp3) is 0.977. The Morgan fingerprint density at radius 2 is 0.511 bits per heavy atom. The lowest BCUT2D eigenvalue weighted by atomic mass is 10.0. The van der Waals surface area contributed by atoms with Crippen molar-refractivity contribution in [2.24, 2.45) is 0 Å². The minimum Gasteiger partial charge on any atom is -0.286 e. The van der Waals surface area contributed by atoms with Crippen LogP contribution in [0.1, 0.15) is 271 Å². The average Bonchev–Trinajstić information content (AvgIpc) is 3.08. The zero-order valence-corrected chi connectivity index (χ0v) is 32.8. The summed E-state index contributed by atoms with van der Waals surface area (Å²) in [6.45, 7) is 5.09. The molecule has 0 aliphatic carbocycles. The monoisotopic (exact) mass is 664 g/mol. The van der Waals surface area contributed by atoms with Crippen molar-refractivity contribution in [2.45, 2.75) is 271 Å². The molecule has 0 aliphatic heterocycles. The molecule has 3 heteroatoms. The summed E-state index contributed by atoms with van der Waals surface area (Å²) in [5.41, 5.74) is 0. The first-order chi connectivity index (χ1) is 23.2. The Morgan fingerprint density at radius 3 is 0.745 bits per heavy atom. The molecule has 282 valence electrons. The average molecular weight is 664 g/mol. The molecule has 0 radical (unpaired) electrons. The van der Waals surface area contributed by atoms with E-state index in [-0.39, 0.29) is 5.91 Å². The standard InChI is InChI=1S/C44H89NO2/c1-3-5-7-9-11-13-15-17-19-20-21-22-23-24-25-26-27-28-29-30-32-34-36-38-40-42-44(46)45(47)43-41-39-37-35-33-31-18-16-14-12-10-8-6-4-2/h47H,3-43H2,1-2H3. The summed E-state index contributed by atoms with van der Waals surface area (Å²) in [6.07, 6.45) is 53.9. The molecule has 3 nitrogen and oxygen atoms in total. The minimum absolute atomic E-state index is 0.0752. The van der Waals surface area contributed by atoms with Gasteiger partial charge in [-0.3, -0.25) is 10.0 Å². The smallest absolute Gasteiger partial charge is 0.245 e. The molecule has 0 aliphatic rings. The van der Waals surface area contributed by atoms with Gasteiger partial charge < -0.3 is 0 Å². The maximum absolute atomic E-state index is 12.2. The summed E-state index contributed by atoms with van der Waals surface area (Å²) >= 11 is 0. The molecule has 0 aromatic carbocycles. The van der Waals surface area contributed by atoms with Crippen LogP contribution >= 0.6 is 0 Å². The van der Waals surface area contributed by atoms with Crippen LogP contribution in [-0.4, -0.2) is 22.7 Å². The van der Waals surface area contributed by atoms with E-state index in [0.29, 0.717) is 13.0 Å². The van der Waals surface area contributed by atoms with E-state index < -0.39 is 0 Å². The van der Waals surface area contributed by atoms with Crippen LogP contribution in [0, 0.1) is 0 Å². The van der Waals surface area contributed by atoms with Crippen molar-refractivity contribution in [1.82, 2.24) is 5.06 Å². The van der Waals surface area contributed by atoms with Crippen LogP contribution < -0.4 is 0 Å². The molecule has 1 N–H and O–H groups in total. The van der Waals surface area contributed by atoms with E-state index in [1.165, 1.54) is 225 Å². The molecule has 0 spiro atoms. The van der Waals surface area contributed by atoms with Crippen molar-refractivity contribution in [3.05, 3.63) is 0 Å². The number of hydroxylamine groups is 2. The molecule has 0 aromatic heterocycles. The van der Waals surface area contributed by atoms with Crippen LogP contribution in [0.25, 0.3) is 0 Å². The van der Waals surface area contributed by atoms with E-state index in [4.69, 9.17) is 0 Å². The number of amides is 1. The van der Waals surface area contributed by atoms with Crippen molar-refractivity contribution in [3.8, 4) is 0 Å². The highest BCUT2D eigenvalue weighted by atomic mass is 16.5. The number of hydrogen-bond acceptors (Lipinski definition) is 2. The van der Waals surface area contributed by atoms with Gasteiger partial charge in [0.2, 0.25) is 5.91 Å². The molecule has 1 amide bonds. The maximum atomic E-state index is 12.2. The third kappa shape index (κ3) is 39.7. The zero-order valence-electron chi connectivity index (χ0n) is 32.8. The number of carbonyl (C=O) groups excluding carboxylic acids is 1. The van der Waals surface area contributed by atoms with Crippen molar-refractivity contribution in [2.75, 3.05) is 6.54 Å². The third-order valence-corrected chi connectivity index (χ3v) is 10.5. The highest BCUT2D eigenvalue weighted by molar-refractivity contribution is 5.74. The second kappa shape index (κ2) is 41.6. The van der Waals surface area contributed by atoms with E-state index in [1.807, 2.05) is 0 Å². The van der Waals surface area contributed by atoms with E-state index >= 15 is 0 Å². The highest BCUT2D eigenvalue weighted by Gasteiger charge is 2.09. The predicted molar refractivity (Wildman–Crippen MR) is 210 cm³/mol. The number of hydrogen-bond donors (Lipinski definition) is 1. The van der Waals surface area contributed by atoms with E-state index in [0.717, 1.165) is 30.7 Å². The molecule has 0 rings (SSSR count). The maximum Gasteiger partial charge on any atom is 0.245 e. The van der Waals surface area contributed by atoms with E-state index in [1.54, 1.807) is 0 Å². The minimum atomic E-state index is -0.0752. The van der Waals surface area contributed by atoms with Crippen LogP contribution in [-0.2, 0) is 4.79 Å². The van der Waals surface area contributed by atoms with Gasteiger partial charge in [-0.2, -0.15) is 0 Å². The molecule has 0 atom stereocenters. The first kappa shape index (κ1) is 46.4. The largest absolute Gasteiger partial charge is 0.286 e. The van der Waals surface area contributed by atoms with Crippen LogP contribution in [0.5, 0.6) is 0 Å². The normalized spacial score (nSPS) is 11.5. The third-order valence-electron chi connectivity index (χ3n) is 10.5. The molecule has 0 heterocycles. The van der Waals surface area contributed by atoms with E-state index in [9.17, 15) is 10.0 Å². The Balaban J connectivity index is 3.23. The van der Waals surface area contributed by atoms with Gasteiger partial charge in [0.15, 0.2) is 0 Å². The van der Waals surface area contributed by atoms with Crippen molar-refractivity contribution in [3.63, 3.8) is 0 Å². The fourth-order valence-corrected chi connectivity index (χ4v) is 7.13. The van der Waals surface area contributed by atoms with Crippen molar-refractivity contribution in [1.29, 1.82) is 0 Å². The van der Waals surface area contributed by atoms with Gasteiger partial charge in [-0.25, -0.2) is 5.06 Å². The summed E-state index contributed by atoms with van der Waals surface area (Å²) in [6, 6.07) is 0. The summed E-state index contributed by atoms with van der Waals surface area (Å²) in [4.78, 5) is 12.2. The molecule has 0 fully saturated rings. The van der Waals surface area contributed by atoms with Gasteiger partial charge >= 0.3 is 0 Å². The predicted octanol–water partition coefficient (Wildman–Crippen LogP) is 15.8. The molecular formula is C44H89NO2. The molecule has 0 unspecified atom stereocenters. The Kier molecular flexibility index (Phi) is 41.1. The van der Waals surface area contributed by atoms with Crippen LogP contribution in [0.4, 0.5) is 0 Å². The van der Waals surface area contributed by atoms with Crippen LogP contribution in [0.2, 0.25) is 0 Å². The van der Waals surface area contributed by atoms with Crippen molar-refractivity contribution < 1.29 is 10.0 Å². The topological polar surface area (TPSA) is 40.5 Å². The molecule has 0 aromatic rings. The Labute approximate surface area is 297 Å². The Hall–Kier alpha value is -0.570. The quantitative estimate of drug-likeness (QED) is 0.0402. The van der Waals surface area contributed by atoms with Gasteiger partial charge in [0.1, 0.15) is 0 Å².